The number of piperidine rings is 1. The van der Waals surface area contributed by atoms with E-state index in [4.69, 9.17) is 17.3 Å². The maximum absolute atomic E-state index is 12.1. The van der Waals surface area contributed by atoms with Crippen molar-refractivity contribution in [1.29, 1.82) is 0 Å². The van der Waals surface area contributed by atoms with Crippen LogP contribution in [0.3, 0.4) is 0 Å². The molecule has 0 aliphatic carbocycles. The predicted octanol–water partition coefficient (Wildman–Crippen LogP) is 1.74. The van der Waals surface area contributed by atoms with E-state index in [1.165, 1.54) is 11.3 Å². The van der Waals surface area contributed by atoms with Crippen LogP contribution in [0.1, 0.15) is 22.5 Å². The third-order valence-electron chi connectivity index (χ3n) is 2.89. The lowest BCUT2D eigenvalue weighted by Gasteiger charge is -2.30. The van der Waals surface area contributed by atoms with E-state index < -0.39 is 0 Å². The number of amides is 2. The minimum atomic E-state index is -0.327. The van der Waals surface area contributed by atoms with Crippen molar-refractivity contribution in [2.75, 3.05) is 13.1 Å². The summed E-state index contributed by atoms with van der Waals surface area (Å²) in [4.78, 5) is 25.5. The summed E-state index contributed by atoms with van der Waals surface area (Å²) in [6.07, 6.45) is 1.59. The summed E-state index contributed by atoms with van der Waals surface area (Å²) in [5.41, 5.74) is 5.28. The molecule has 0 spiro atoms. The summed E-state index contributed by atoms with van der Waals surface area (Å²) < 4.78 is 0.594. The van der Waals surface area contributed by atoms with Gasteiger partial charge in [-0.3, -0.25) is 9.59 Å². The smallest absolute Gasteiger partial charge is 0.263 e. The van der Waals surface area contributed by atoms with E-state index in [0.29, 0.717) is 22.3 Å². The lowest BCUT2D eigenvalue weighted by Crippen LogP contribution is -2.43. The van der Waals surface area contributed by atoms with Gasteiger partial charge in [0.2, 0.25) is 5.91 Å². The fourth-order valence-electron chi connectivity index (χ4n) is 1.98. The van der Waals surface area contributed by atoms with Crippen molar-refractivity contribution in [1.82, 2.24) is 4.90 Å². The van der Waals surface area contributed by atoms with Crippen LogP contribution in [0.25, 0.3) is 0 Å². The Balaban J connectivity index is 2.07. The highest BCUT2D eigenvalue weighted by molar-refractivity contribution is 7.17. The fraction of sp³-hybridized carbons (Fsp3) is 0.455. The van der Waals surface area contributed by atoms with Gasteiger partial charge in [-0.05, 0) is 25.0 Å². The van der Waals surface area contributed by atoms with Gasteiger partial charge in [-0.2, -0.15) is 0 Å². The molecule has 1 saturated heterocycles. The SMILES string of the molecule is NC(=O)[C@H]1CCCN(C(=O)c2ccc(Cl)s2)C1. The molecule has 1 atom stereocenters. The molecule has 92 valence electrons. The Labute approximate surface area is 108 Å². The van der Waals surface area contributed by atoms with Gasteiger partial charge < -0.3 is 10.6 Å². The molecule has 1 aliphatic heterocycles. The Morgan fingerprint density at radius 2 is 2.24 bits per heavy atom. The van der Waals surface area contributed by atoms with Crippen LogP contribution >= 0.6 is 22.9 Å². The van der Waals surface area contributed by atoms with Crippen LogP contribution in [0, 0.1) is 5.92 Å². The number of primary amides is 1. The zero-order chi connectivity index (χ0) is 12.4. The van der Waals surface area contributed by atoms with Gasteiger partial charge in [-0.1, -0.05) is 11.6 Å². The molecule has 1 aromatic rings. The molecule has 0 bridgehead atoms. The number of carbonyl (C=O) groups excluding carboxylic acids is 2. The molecule has 2 amide bonds. The van der Waals surface area contributed by atoms with Gasteiger partial charge in [0.1, 0.15) is 0 Å². The van der Waals surface area contributed by atoms with Crippen LogP contribution < -0.4 is 5.73 Å². The van der Waals surface area contributed by atoms with Crippen LogP contribution in [-0.4, -0.2) is 29.8 Å². The number of rotatable bonds is 2. The van der Waals surface area contributed by atoms with E-state index in [-0.39, 0.29) is 17.7 Å². The van der Waals surface area contributed by atoms with E-state index in [9.17, 15) is 9.59 Å². The van der Waals surface area contributed by atoms with Gasteiger partial charge in [0.05, 0.1) is 15.1 Å². The van der Waals surface area contributed by atoms with Crippen molar-refractivity contribution < 1.29 is 9.59 Å². The number of nitrogens with zero attached hydrogens (tertiary/aromatic N) is 1. The fourth-order valence-corrected chi connectivity index (χ4v) is 2.99. The monoisotopic (exact) mass is 272 g/mol. The average molecular weight is 273 g/mol. The zero-order valence-electron chi connectivity index (χ0n) is 9.19. The summed E-state index contributed by atoms with van der Waals surface area (Å²) >= 11 is 7.05. The molecule has 2 rings (SSSR count). The molecule has 0 aromatic carbocycles. The minimum Gasteiger partial charge on any atom is -0.369 e. The highest BCUT2D eigenvalue weighted by Crippen LogP contribution is 2.25. The molecule has 6 heteroatoms. The number of hydrogen-bond acceptors (Lipinski definition) is 3. The largest absolute Gasteiger partial charge is 0.369 e. The summed E-state index contributed by atoms with van der Waals surface area (Å²) in [5.74, 6) is -0.609. The van der Waals surface area contributed by atoms with Crippen LogP contribution in [0.5, 0.6) is 0 Å². The van der Waals surface area contributed by atoms with Crippen molar-refractivity contribution >= 4 is 34.8 Å². The van der Waals surface area contributed by atoms with E-state index >= 15 is 0 Å². The third kappa shape index (κ3) is 2.79. The first-order valence-electron chi connectivity index (χ1n) is 5.42. The molecule has 1 aromatic heterocycles. The van der Waals surface area contributed by atoms with Crippen molar-refractivity contribution in [2.45, 2.75) is 12.8 Å². The Hall–Kier alpha value is -1.07. The Kier molecular flexibility index (Phi) is 3.69. The van der Waals surface area contributed by atoms with Crippen molar-refractivity contribution in [2.24, 2.45) is 11.7 Å². The van der Waals surface area contributed by atoms with Gasteiger partial charge in [-0.15, -0.1) is 11.3 Å². The number of carbonyl (C=O) groups is 2. The maximum Gasteiger partial charge on any atom is 0.263 e. The van der Waals surface area contributed by atoms with Crippen LogP contribution in [0.4, 0.5) is 0 Å². The number of nitrogens with two attached hydrogens (primary N) is 1. The molecule has 0 saturated carbocycles. The molecule has 17 heavy (non-hydrogen) atoms. The van der Waals surface area contributed by atoms with E-state index in [1.54, 1.807) is 17.0 Å². The van der Waals surface area contributed by atoms with Gasteiger partial charge in [0.25, 0.3) is 5.91 Å². The zero-order valence-corrected chi connectivity index (χ0v) is 10.8. The second-order valence-electron chi connectivity index (χ2n) is 4.10. The van der Waals surface area contributed by atoms with Crippen LogP contribution in [0.2, 0.25) is 4.34 Å². The normalized spacial score (nSPS) is 20.3. The second kappa shape index (κ2) is 5.06. The first-order chi connectivity index (χ1) is 8.08. The second-order valence-corrected chi connectivity index (χ2v) is 5.81. The number of likely N-dealkylation sites (tertiary alicyclic amines) is 1. The number of thiophene rings is 1. The predicted molar refractivity (Wildman–Crippen MR) is 67.2 cm³/mol. The molecular weight excluding hydrogens is 260 g/mol. The first-order valence-corrected chi connectivity index (χ1v) is 6.61. The topological polar surface area (TPSA) is 63.4 Å². The van der Waals surface area contributed by atoms with Crippen LogP contribution in [0.15, 0.2) is 12.1 Å². The summed E-state index contributed by atoms with van der Waals surface area (Å²) in [6.45, 7) is 1.10. The number of hydrogen-bond donors (Lipinski definition) is 1. The lowest BCUT2D eigenvalue weighted by atomic mass is 9.97. The van der Waals surface area contributed by atoms with Gasteiger partial charge in [-0.25, -0.2) is 0 Å². The van der Waals surface area contributed by atoms with Gasteiger partial charge >= 0.3 is 0 Å². The lowest BCUT2D eigenvalue weighted by molar-refractivity contribution is -0.123. The maximum atomic E-state index is 12.1. The number of halogens is 1. The Morgan fingerprint density at radius 3 is 2.82 bits per heavy atom. The van der Waals surface area contributed by atoms with Crippen molar-refractivity contribution in [3.63, 3.8) is 0 Å². The first kappa shape index (κ1) is 12.4. The van der Waals surface area contributed by atoms with Gasteiger partial charge in [0.15, 0.2) is 0 Å². The quantitative estimate of drug-likeness (QED) is 0.891. The van der Waals surface area contributed by atoms with E-state index in [2.05, 4.69) is 0 Å². The molecule has 2 heterocycles. The Bertz CT molecular complexity index is 446. The third-order valence-corrected chi connectivity index (χ3v) is 4.11. The highest BCUT2D eigenvalue weighted by Gasteiger charge is 2.28. The molecule has 1 fully saturated rings. The molecule has 0 radical (unpaired) electrons. The van der Waals surface area contributed by atoms with E-state index in [0.717, 1.165) is 12.8 Å². The van der Waals surface area contributed by atoms with Gasteiger partial charge in [0, 0.05) is 13.1 Å². The molecule has 2 N–H and O–H groups in total. The van der Waals surface area contributed by atoms with E-state index in [1.807, 2.05) is 0 Å². The summed E-state index contributed by atoms with van der Waals surface area (Å²) in [7, 11) is 0. The highest BCUT2D eigenvalue weighted by atomic mass is 35.5. The standard InChI is InChI=1S/C11H13ClN2O2S/c12-9-4-3-8(17-9)11(16)14-5-1-2-7(6-14)10(13)15/h3-4,7H,1-2,5-6H2,(H2,13,15)/t7-/m0/s1. The van der Waals surface area contributed by atoms with Crippen LogP contribution in [-0.2, 0) is 4.79 Å². The average Bonchev–Trinajstić information content (AvgIpc) is 2.75. The summed E-state index contributed by atoms with van der Waals surface area (Å²) in [6, 6.07) is 3.41. The molecule has 1 aliphatic rings. The molecule has 0 unspecified atom stereocenters. The van der Waals surface area contributed by atoms with Crippen molar-refractivity contribution in [3.05, 3.63) is 21.3 Å². The summed E-state index contributed by atoms with van der Waals surface area (Å²) in [5, 5.41) is 0. The Morgan fingerprint density at radius 1 is 1.47 bits per heavy atom. The molecular formula is C11H13ClN2O2S. The minimum absolute atomic E-state index is 0.0622. The molecule has 4 nitrogen and oxygen atoms in total. The van der Waals surface area contributed by atoms with Crippen molar-refractivity contribution in [3.8, 4) is 0 Å².